The van der Waals surface area contributed by atoms with Crippen molar-refractivity contribution in [3.8, 4) is 22.9 Å². The maximum atomic E-state index is 5.29. The predicted molar refractivity (Wildman–Crippen MR) is 222 cm³/mol. The molecule has 0 bridgehead atoms. The molecule has 3 aromatic heterocycles. The Labute approximate surface area is 307 Å². The van der Waals surface area contributed by atoms with Crippen LogP contribution in [0.5, 0.6) is 0 Å². The van der Waals surface area contributed by atoms with Gasteiger partial charge in [-0.25, -0.2) is 9.97 Å². The van der Waals surface area contributed by atoms with Gasteiger partial charge in [-0.1, -0.05) is 140 Å². The Bertz CT molecular complexity index is 2970. The van der Waals surface area contributed by atoms with Crippen molar-refractivity contribution in [3.63, 3.8) is 0 Å². The summed E-state index contributed by atoms with van der Waals surface area (Å²) in [6, 6.07) is 53.4. The van der Waals surface area contributed by atoms with Crippen LogP contribution < -0.4 is 0 Å². The van der Waals surface area contributed by atoms with Gasteiger partial charge >= 0.3 is 0 Å². The number of hydrogen-bond donors (Lipinski definition) is 0. The second kappa shape index (κ2) is 12.6. The van der Waals surface area contributed by atoms with E-state index < -0.39 is 0 Å². The van der Waals surface area contributed by atoms with Gasteiger partial charge in [-0.3, -0.25) is 4.57 Å². The van der Waals surface area contributed by atoms with Crippen LogP contribution in [0.25, 0.3) is 78.2 Å². The molecular weight excluding hydrogens is 645 g/mol. The average Bonchev–Trinajstić information content (AvgIpc) is 3.72. The van der Waals surface area contributed by atoms with E-state index in [9.17, 15) is 0 Å². The number of benzene rings is 6. The highest BCUT2D eigenvalue weighted by Crippen LogP contribution is 2.37. The number of fused-ring (bicyclic) bond motifs is 7. The lowest BCUT2D eigenvalue weighted by Crippen LogP contribution is -2.05. The molecule has 4 nitrogen and oxygen atoms in total. The quantitative estimate of drug-likeness (QED) is 0.186. The van der Waals surface area contributed by atoms with Crippen molar-refractivity contribution in [1.82, 2.24) is 19.1 Å². The van der Waals surface area contributed by atoms with E-state index in [1.54, 1.807) is 0 Å². The summed E-state index contributed by atoms with van der Waals surface area (Å²) >= 11 is 0. The lowest BCUT2D eigenvalue weighted by Gasteiger charge is -2.13. The maximum absolute atomic E-state index is 5.29. The van der Waals surface area contributed by atoms with Gasteiger partial charge in [0, 0.05) is 32.8 Å². The average molecular weight is 679 g/mol. The zero-order valence-corrected chi connectivity index (χ0v) is 29.0. The zero-order chi connectivity index (χ0) is 35.3. The second-order valence-electron chi connectivity index (χ2n) is 13.5. The molecule has 250 valence electrons. The Hall–Kier alpha value is -7.04. The topological polar surface area (TPSA) is 35.6 Å². The molecule has 0 spiro atoms. The standard InChI is InChI=1S/C49H34N4/c1-33-24-26-34(36-28-31-47-42(32-36)39-19-10-12-22-44(39)52(47)37-16-6-3-7-17-37)27-29-40-38-18-9-13-23-45(38)53(46(40)30-25-33)49-50-43-21-11-8-20-41(43)48(51-49)35-14-4-2-5-15-35/h2-28,30-32H,1,29H2/b26-24-,30-25?,34-27+. The van der Waals surface area contributed by atoms with Gasteiger partial charge in [0.2, 0.25) is 5.95 Å². The highest BCUT2D eigenvalue weighted by Gasteiger charge is 2.21. The van der Waals surface area contributed by atoms with Gasteiger partial charge in [-0.2, -0.15) is 0 Å². The van der Waals surface area contributed by atoms with E-state index in [4.69, 9.17) is 9.97 Å². The molecule has 0 fully saturated rings. The number of hydrogen-bond acceptors (Lipinski definition) is 2. The molecule has 53 heavy (non-hydrogen) atoms. The van der Waals surface area contributed by atoms with E-state index in [2.05, 4.69) is 186 Å². The van der Waals surface area contributed by atoms with Crippen LogP contribution in [0.2, 0.25) is 0 Å². The van der Waals surface area contributed by atoms with Crippen LogP contribution in [0.15, 0.2) is 188 Å². The van der Waals surface area contributed by atoms with Crippen LogP contribution in [-0.2, 0) is 6.42 Å². The SMILES string of the molecule is C=C1C=Cc2c(c3ccccc3n2-c2nc(-c3ccccc3)c3ccccc3n2)C/C=C(c2ccc3c(c2)c2ccccc2n3-c2ccccc2)\C=C/1. The summed E-state index contributed by atoms with van der Waals surface area (Å²) < 4.78 is 4.58. The van der Waals surface area contributed by atoms with E-state index in [0.29, 0.717) is 5.95 Å². The fourth-order valence-electron chi connectivity index (χ4n) is 7.85. The first-order valence-corrected chi connectivity index (χ1v) is 18.0. The first kappa shape index (κ1) is 30.8. The number of rotatable bonds is 4. The minimum atomic E-state index is 0.646. The monoisotopic (exact) mass is 678 g/mol. The van der Waals surface area contributed by atoms with Gasteiger partial charge < -0.3 is 4.57 Å². The molecule has 0 unspecified atom stereocenters. The molecule has 1 aliphatic carbocycles. The molecule has 0 saturated carbocycles. The Morgan fingerprint density at radius 2 is 1.13 bits per heavy atom. The van der Waals surface area contributed by atoms with Crippen molar-refractivity contribution in [1.29, 1.82) is 0 Å². The van der Waals surface area contributed by atoms with Gasteiger partial charge in [0.1, 0.15) is 0 Å². The van der Waals surface area contributed by atoms with E-state index in [0.717, 1.165) is 62.2 Å². The third-order valence-corrected chi connectivity index (χ3v) is 10.3. The van der Waals surface area contributed by atoms with Gasteiger partial charge in [-0.15, -0.1) is 0 Å². The van der Waals surface area contributed by atoms with Crippen molar-refractivity contribution in [2.45, 2.75) is 6.42 Å². The summed E-state index contributed by atoms with van der Waals surface area (Å²) in [7, 11) is 0. The van der Waals surface area contributed by atoms with Crippen molar-refractivity contribution in [3.05, 3.63) is 205 Å². The molecule has 0 aliphatic heterocycles. The maximum Gasteiger partial charge on any atom is 0.235 e. The minimum absolute atomic E-state index is 0.646. The smallest absolute Gasteiger partial charge is 0.235 e. The molecule has 0 radical (unpaired) electrons. The molecule has 10 rings (SSSR count). The summed E-state index contributed by atoms with van der Waals surface area (Å²) in [5.74, 6) is 0.646. The first-order valence-electron chi connectivity index (χ1n) is 18.0. The Kier molecular flexibility index (Phi) is 7.33. The van der Waals surface area contributed by atoms with Gasteiger partial charge in [0.15, 0.2) is 0 Å². The molecule has 0 N–H and O–H groups in total. The molecule has 6 aromatic carbocycles. The fourth-order valence-corrected chi connectivity index (χ4v) is 7.85. The van der Waals surface area contributed by atoms with Crippen LogP contribution in [0.1, 0.15) is 16.8 Å². The van der Waals surface area contributed by atoms with Gasteiger partial charge in [0.25, 0.3) is 0 Å². The summed E-state index contributed by atoms with van der Waals surface area (Å²) in [6.07, 6.45) is 11.7. The Balaban J connectivity index is 1.15. The molecule has 0 atom stereocenters. The highest BCUT2D eigenvalue weighted by atomic mass is 15.2. The fraction of sp³-hybridized carbons (Fsp3) is 0.0204. The van der Waals surface area contributed by atoms with Crippen LogP contribution in [0.4, 0.5) is 0 Å². The Morgan fingerprint density at radius 3 is 1.94 bits per heavy atom. The predicted octanol–water partition coefficient (Wildman–Crippen LogP) is 12.1. The summed E-state index contributed by atoms with van der Waals surface area (Å²) in [5.41, 5.74) is 13.0. The van der Waals surface area contributed by atoms with E-state index in [-0.39, 0.29) is 0 Å². The highest BCUT2D eigenvalue weighted by molar-refractivity contribution is 6.10. The summed E-state index contributed by atoms with van der Waals surface area (Å²) in [4.78, 5) is 10.5. The lowest BCUT2D eigenvalue weighted by atomic mass is 9.97. The van der Waals surface area contributed by atoms with Crippen LogP contribution in [0.3, 0.4) is 0 Å². The first-order chi connectivity index (χ1) is 26.2. The summed E-state index contributed by atoms with van der Waals surface area (Å²) in [5, 5.41) is 4.67. The van der Waals surface area contributed by atoms with Crippen LogP contribution in [0, 0.1) is 0 Å². The molecule has 0 amide bonds. The third kappa shape index (κ3) is 5.23. The van der Waals surface area contributed by atoms with Gasteiger partial charge in [0.05, 0.1) is 33.5 Å². The number of para-hydroxylation sites is 4. The lowest BCUT2D eigenvalue weighted by molar-refractivity contribution is 0.965. The summed E-state index contributed by atoms with van der Waals surface area (Å²) in [6.45, 7) is 4.42. The van der Waals surface area contributed by atoms with Crippen molar-refractivity contribution in [2.24, 2.45) is 0 Å². The van der Waals surface area contributed by atoms with Gasteiger partial charge in [-0.05, 0) is 77.2 Å². The zero-order valence-electron chi connectivity index (χ0n) is 29.0. The van der Waals surface area contributed by atoms with E-state index in [1.165, 1.54) is 32.8 Å². The van der Waals surface area contributed by atoms with Crippen molar-refractivity contribution in [2.75, 3.05) is 0 Å². The minimum Gasteiger partial charge on any atom is -0.309 e. The normalized spacial score (nSPS) is 14.8. The third-order valence-electron chi connectivity index (χ3n) is 10.3. The molecule has 9 aromatic rings. The molecule has 3 heterocycles. The molecular formula is C49H34N4. The van der Waals surface area contributed by atoms with Crippen LogP contribution >= 0.6 is 0 Å². The largest absolute Gasteiger partial charge is 0.309 e. The number of allylic oxidation sites excluding steroid dienone is 6. The van der Waals surface area contributed by atoms with Crippen molar-refractivity contribution >= 4 is 55.3 Å². The number of nitrogens with zero attached hydrogens (tertiary/aromatic N) is 4. The van der Waals surface area contributed by atoms with Crippen LogP contribution in [-0.4, -0.2) is 19.1 Å². The number of aromatic nitrogens is 4. The van der Waals surface area contributed by atoms with E-state index in [1.807, 2.05) is 12.1 Å². The molecule has 1 aliphatic rings. The second-order valence-corrected chi connectivity index (χ2v) is 13.5. The van der Waals surface area contributed by atoms with Crippen molar-refractivity contribution < 1.29 is 0 Å². The molecule has 0 saturated heterocycles. The van der Waals surface area contributed by atoms with E-state index >= 15 is 0 Å². The Morgan fingerprint density at radius 1 is 0.491 bits per heavy atom. The molecule has 4 heteroatoms.